The van der Waals surface area contributed by atoms with Gasteiger partial charge in [0, 0.05) is 32.2 Å². The molecular weight excluding hydrogens is 256 g/mol. The van der Waals surface area contributed by atoms with Crippen LogP contribution < -0.4 is 0 Å². The number of likely N-dealkylation sites (tertiary alicyclic amines) is 2. The van der Waals surface area contributed by atoms with E-state index in [1.54, 1.807) is 0 Å². The molecule has 0 aromatic rings. The summed E-state index contributed by atoms with van der Waals surface area (Å²) in [6, 6.07) is -0.236. The van der Waals surface area contributed by atoms with Crippen molar-refractivity contribution in [3.05, 3.63) is 0 Å². The topological polar surface area (TPSA) is 60.9 Å². The third-order valence-corrected chi connectivity index (χ3v) is 4.84. The van der Waals surface area contributed by atoms with Crippen molar-refractivity contribution >= 4 is 11.8 Å². The van der Waals surface area contributed by atoms with E-state index < -0.39 is 0 Å². The lowest BCUT2D eigenvalue weighted by atomic mass is 9.98. The zero-order valence-electron chi connectivity index (χ0n) is 12.0. The minimum atomic E-state index is -0.236. The minimum Gasteiger partial charge on any atom is -0.396 e. The second-order valence-corrected chi connectivity index (χ2v) is 6.44. The van der Waals surface area contributed by atoms with Crippen molar-refractivity contribution < 1.29 is 14.7 Å². The van der Waals surface area contributed by atoms with Gasteiger partial charge in [0.1, 0.15) is 6.04 Å². The Morgan fingerprint density at radius 2 is 1.75 bits per heavy atom. The molecule has 3 fully saturated rings. The van der Waals surface area contributed by atoms with Crippen molar-refractivity contribution in [2.24, 2.45) is 11.8 Å². The van der Waals surface area contributed by atoms with E-state index in [2.05, 4.69) is 0 Å². The summed E-state index contributed by atoms with van der Waals surface area (Å²) in [6.07, 6.45) is 5.68. The fourth-order valence-corrected chi connectivity index (χ4v) is 3.48. The van der Waals surface area contributed by atoms with Gasteiger partial charge < -0.3 is 14.9 Å². The molecule has 3 aliphatic rings. The number of aliphatic hydroxyl groups excluding tert-OH is 1. The number of aliphatic hydroxyl groups is 1. The molecule has 5 nitrogen and oxygen atoms in total. The van der Waals surface area contributed by atoms with E-state index in [-0.39, 0.29) is 36.3 Å². The van der Waals surface area contributed by atoms with Gasteiger partial charge in [-0.1, -0.05) is 0 Å². The van der Waals surface area contributed by atoms with Crippen LogP contribution in [0.2, 0.25) is 0 Å². The summed E-state index contributed by atoms with van der Waals surface area (Å²) in [4.78, 5) is 28.6. The number of amides is 2. The van der Waals surface area contributed by atoms with Crippen LogP contribution >= 0.6 is 0 Å². The molecule has 0 aromatic carbocycles. The van der Waals surface area contributed by atoms with Gasteiger partial charge in [-0.2, -0.15) is 0 Å². The highest BCUT2D eigenvalue weighted by molar-refractivity contribution is 5.90. The molecule has 0 aromatic heterocycles. The first-order valence-corrected chi connectivity index (χ1v) is 7.91. The Bertz CT molecular complexity index is 395. The lowest BCUT2D eigenvalue weighted by Crippen LogP contribution is -2.51. The molecule has 1 saturated carbocycles. The Hall–Kier alpha value is -1.10. The zero-order valence-corrected chi connectivity index (χ0v) is 12.0. The molecule has 0 bridgehead atoms. The zero-order chi connectivity index (χ0) is 14.1. The fraction of sp³-hybridized carbons (Fsp3) is 0.867. The molecule has 5 heteroatoms. The van der Waals surface area contributed by atoms with Gasteiger partial charge in [0.2, 0.25) is 11.8 Å². The lowest BCUT2D eigenvalue weighted by molar-refractivity contribution is -0.145. The van der Waals surface area contributed by atoms with Crippen LogP contribution in [0.25, 0.3) is 0 Å². The van der Waals surface area contributed by atoms with E-state index in [1.165, 1.54) is 0 Å². The summed E-state index contributed by atoms with van der Waals surface area (Å²) < 4.78 is 0. The Balaban J connectivity index is 1.64. The number of rotatable bonds is 3. The number of hydrogen-bond donors (Lipinski definition) is 1. The Morgan fingerprint density at radius 3 is 2.45 bits per heavy atom. The monoisotopic (exact) mass is 280 g/mol. The number of piperidine rings is 1. The van der Waals surface area contributed by atoms with Crippen molar-refractivity contribution in [3.8, 4) is 0 Å². The summed E-state index contributed by atoms with van der Waals surface area (Å²) in [7, 11) is 0. The van der Waals surface area contributed by atoms with Gasteiger partial charge in [-0.15, -0.1) is 0 Å². The van der Waals surface area contributed by atoms with E-state index in [1.807, 2.05) is 9.80 Å². The average Bonchev–Trinajstić information content (AvgIpc) is 3.23. The molecule has 0 radical (unpaired) electrons. The van der Waals surface area contributed by atoms with Crippen LogP contribution in [-0.2, 0) is 9.59 Å². The Morgan fingerprint density at radius 1 is 1.00 bits per heavy atom. The normalized spacial score (nSPS) is 30.6. The molecular formula is C15H24N2O3. The third-order valence-electron chi connectivity index (χ3n) is 4.84. The maximum absolute atomic E-state index is 12.7. The summed E-state index contributed by atoms with van der Waals surface area (Å²) in [5, 5.41) is 9.27. The predicted octanol–water partition coefficient (Wildman–Crippen LogP) is 0.618. The van der Waals surface area contributed by atoms with Crippen LogP contribution in [0.15, 0.2) is 0 Å². The first-order chi connectivity index (χ1) is 9.70. The maximum Gasteiger partial charge on any atom is 0.245 e. The summed E-state index contributed by atoms with van der Waals surface area (Å²) >= 11 is 0. The van der Waals surface area contributed by atoms with Crippen molar-refractivity contribution in [3.63, 3.8) is 0 Å². The molecule has 1 N–H and O–H groups in total. The number of carbonyl (C=O) groups excluding carboxylic acids is 2. The van der Waals surface area contributed by atoms with Gasteiger partial charge in [-0.25, -0.2) is 0 Å². The van der Waals surface area contributed by atoms with Crippen molar-refractivity contribution in [1.29, 1.82) is 0 Å². The van der Waals surface area contributed by atoms with E-state index >= 15 is 0 Å². The molecule has 2 unspecified atom stereocenters. The minimum absolute atomic E-state index is 0.106. The highest BCUT2D eigenvalue weighted by Gasteiger charge is 2.42. The lowest BCUT2D eigenvalue weighted by Gasteiger charge is -2.35. The largest absolute Gasteiger partial charge is 0.396 e. The quantitative estimate of drug-likeness (QED) is 0.824. The molecule has 3 rings (SSSR count). The van der Waals surface area contributed by atoms with Gasteiger partial charge >= 0.3 is 0 Å². The smallest absolute Gasteiger partial charge is 0.245 e. The third kappa shape index (κ3) is 2.68. The molecule has 1 aliphatic carbocycles. The first kappa shape index (κ1) is 13.9. The average molecular weight is 280 g/mol. The van der Waals surface area contributed by atoms with Crippen molar-refractivity contribution in [2.75, 3.05) is 26.2 Å². The molecule has 2 saturated heterocycles. The van der Waals surface area contributed by atoms with Gasteiger partial charge in [0.05, 0.1) is 0 Å². The van der Waals surface area contributed by atoms with Crippen molar-refractivity contribution in [1.82, 2.24) is 9.80 Å². The van der Waals surface area contributed by atoms with Gasteiger partial charge in [-0.05, 0) is 44.4 Å². The SMILES string of the molecule is O=C(C1CCCN1C(=O)C1CC1)N1CCCC(CO)C1. The van der Waals surface area contributed by atoms with Crippen LogP contribution in [0.4, 0.5) is 0 Å². The summed E-state index contributed by atoms with van der Waals surface area (Å²) in [5.74, 6) is 0.697. The maximum atomic E-state index is 12.7. The highest BCUT2D eigenvalue weighted by Crippen LogP contribution is 2.34. The van der Waals surface area contributed by atoms with E-state index in [0.29, 0.717) is 6.54 Å². The number of hydrogen-bond acceptors (Lipinski definition) is 3. The summed E-state index contributed by atoms with van der Waals surface area (Å²) in [6.45, 7) is 2.32. The molecule has 2 heterocycles. The molecule has 112 valence electrons. The second-order valence-electron chi connectivity index (χ2n) is 6.44. The number of carbonyl (C=O) groups is 2. The van der Waals surface area contributed by atoms with Crippen molar-refractivity contribution in [2.45, 2.75) is 44.6 Å². The van der Waals surface area contributed by atoms with Gasteiger partial charge in [0.15, 0.2) is 0 Å². The highest BCUT2D eigenvalue weighted by atomic mass is 16.3. The van der Waals surface area contributed by atoms with Gasteiger partial charge in [-0.3, -0.25) is 9.59 Å². The molecule has 0 spiro atoms. The van der Waals surface area contributed by atoms with Crippen LogP contribution in [-0.4, -0.2) is 59.0 Å². The standard InChI is InChI=1S/C15H24N2O3/c18-10-11-3-1-7-16(9-11)15(20)13-4-2-8-17(13)14(19)12-5-6-12/h11-13,18H,1-10H2. The fourth-order valence-electron chi connectivity index (χ4n) is 3.48. The van der Waals surface area contributed by atoms with Crippen LogP contribution in [0.3, 0.4) is 0 Å². The molecule has 20 heavy (non-hydrogen) atoms. The Kier molecular flexibility index (Phi) is 3.96. The molecule has 2 amide bonds. The van der Waals surface area contributed by atoms with Crippen LogP contribution in [0, 0.1) is 11.8 Å². The summed E-state index contributed by atoms with van der Waals surface area (Å²) in [5.41, 5.74) is 0. The number of nitrogens with zero attached hydrogens (tertiary/aromatic N) is 2. The van der Waals surface area contributed by atoms with E-state index in [9.17, 15) is 14.7 Å². The van der Waals surface area contributed by atoms with E-state index in [4.69, 9.17) is 0 Å². The Labute approximate surface area is 119 Å². The van der Waals surface area contributed by atoms with Crippen LogP contribution in [0.1, 0.15) is 38.5 Å². The first-order valence-electron chi connectivity index (χ1n) is 7.91. The molecule has 2 aliphatic heterocycles. The molecule has 2 atom stereocenters. The second kappa shape index (κ2) is 5.72. The van der Waals surface area contributed by atoms with E-state index in [0.717, 1.165) is 51.6 Å². The van der Waals surface area contributed by atoms with Crippen LogP contribution in [0.5, 0.6) is 0 Å². The van der Waals surface area contributed by atoms with Gasteiger partial charge in [0.25, 0.3) is 0 Å². The predicted molar refractivity (Wildman–Crippen MR) is 73.8 cm³/mol.